The molecule has 0 spiro atoms. The van der Waals surface area contributed by atoms with E-state index in [1.807, 2.05) is 13.8 Å². The summed E-state index contributed by atoms with van der Waals surface area (Å²) in [5, 5.41) is 10.4. The molecule has 2 heterocycles. The first kappa shape index (κ1) is 11.1. The molecule has 0 bridgehead atoms. The van der Waals surface area contributed by atoms with Gasteiger partial charge in [0, 0.05) is 5.41 Å². The Morgan fingerprint density at radius 2 is 2.00 bits per heavy atom. The van der Waals surface area contributed by atoms with E-state index < -0.39 is 11.2 Å². The molecule has 6 nitrogen and oxygen atoms in total. The smallest absolute Gasteiger partial charge is 0.400 e. The summed E-state index contributed by atoms with van der Waals surface area (Å²) in [7, 11) is 0. The van der Waals surface area contributed by atoms with Crippen LogP contribution in [0.3, 0.4) is 0 Å². The topological polar surface area (TPSA) is 74.7 Å². The number of nitrogens with zero attached hydrogens (tertiary/aromatic N) is 1. The second-order valence-electron chi connectivity index (χ2n) is 4.55. The lowest BCUT2D eigenvalue weighted by Gasteiger charge is -2.33. The van der Waals surface area contributed by atoms with Gasteiger partial charge in [-0.05, 0) is 6.07 Å². The molecule has 1 aromatic rings. The maximum Gasteiger partial charge on any atom is 0.433 e. The Morgan fingerprint density at radius 3 is 2.50 bits per heavy atom. The van der Waals surface area contributed by atoms with Crippen molar-refractivity contribution in [2.45, 2.75) is 20.1 Å². The summed E-state index contributed by atoms with van der Waals surface area (Å²) in [5.41, 5.74) is -0.0327. The average Bonchev–Trinajstić information content (AvgIpc) is 2.66. The molecule has 1 aliphatic rings. The van der Waals surface area contributed by atoms with E-state index >= 15 is 0 Å². The standard InChI is InChI=1S/C10H13NO5/c1-10(2)5-14-9(15-6-10)7-3-4-8(16-7)11(12)13/h3-4,9H,5-6H2,1-2H3. The van der Waals surface area contributed by atoms with Crippen molar-refractivity contribution in [2.75, 3.05) is 13.2 Å². The third-order valence-electron chi connectivity index (χ3n) is 2.28. The zero-order valence-corrected chi connectivity index (χ0v) is 9.13. The van der Waals surface area contributed by atoms with Crippen LogP contribution in [0.1, 0.15) is 25.9 Å². The molecule has 1 aromatic heterocycles. The Morgan fingerprint density at radius 1 is 1.38 bits per heavy atom. The Kier molecular flexibility index (Phi) is 2.69. The highest BCUT2D eigenvalue weighted by molar-refractivity contribution is 5.18. The van der Waals surface area contributed by atoms with Crippen LogP contribution in [0.5, 0.6) is 0 Å². The second kappa shape index (κ2) is 3.88. The van der Waals surface area contributed by atoms with Crippen LogP contribution in [0.15, 0.2) is 16.5 Å². The zero-order chi connectivity index (χ0) is 11.8. The molecule has 88 valence electrons. The van der Waals surface area contributed by atoms with E-state index in [1.165, 1.54) is 12.1 Å². The monoisotopic (exact) mass is 227 g/mol. The Bertz CT molecular complexity index is 388. The van der Waals surface area contributed by atoms with Crippen LogP contribution in [0.25, 0.3) is 0 Å². The van der Waals surface area contributed by atoms with Crippen LogP contribution >= 0.6 is 0 Å². The van der Waals surface area contributed by atoms with E-state index in [4.69, 9.17) is 13.9 Å². The molecular formula is C10H13NO5. The van der Waals surface area contributed by atoms with Crippen molar-refractivity contribution in [3.8, 4) is 0 Å². The number of rotatable bonds is 2. The molecule has 1 aliphatic heterocycles. The lowest BCUT2D eigenvalue weighted by Crippen LogP contribution is -2.33. The molecule has 0 N–H and O–H groups in total. The quantitative estimate of drug-likeness (QED) is 0.572. The van der Waals surface area contributed by atoms with Gasteiger partial charge in [-0.25, -0.2) is 0 Å². The fraction of sp³-hybridized carbons (Fsp3) is 0.600. The molecule has 0 amide bonds. The minimum atomic E-state index is -0.637. The molecule has 2 rings (SSSR count). The highest BCUT2D eigenvalue weighted by atomic mass is 16.7. The Hall–Kier alpha value is -1.40. The first-order valence-corrected chi connectivity index (χ1v) is 4.95. The van der Waals surface area contributed by atoms with E-state index in [2.05, 4.69) is 0 Å². The van der Waals surface area contributed by atoms with Crippen LogP contribution in [0, 0.1) is 15.5 Å². The summed E-state index contributed by atoms with van der Waals surface area (Å²) in [5.74, 6) is 0.0363. The number of hydrogen-bond donors (Lipinski definition) is 0. The molecular weight excluding hydrogens is 214 g/mol. The fourth-order valence-corrected chi connectivity index (χ4v) is 1.42. The van der Waals surface area contributed by atoms with Crippen molar-refractivity contribution in [1.82, 2.24) is 0 Å². The third-order valence-corrected chi connectivity index (χ3v) is 2.28. The number of nitro groups is 1. The van der Waals surface area contributed by atoms with Crippen molar-refractivity contribution in [3.63, 3.8) is 0 Å². The van der Waals surface area contributed by atoms with Crippen LogP contribution < -0.4 is 0 Å². The summed E-state index contributed by atoms with van der Waals surface area (Å²) in [6.45, 7) is 5.11. The summed E-state index contributed by atoms with van der Waals surface area (Å²) in [6.07, 6.45) is -0.637. The molecule has 0 aromatic carbocycles. The second-order valence-corrected chi connectivity index (χ2v) is 4.55. The zero-order valence-electron chi connectivity index (χ0n) is 9.13. The van der Waals surface area contributed by atoms with E-state index in [-0.39, 0.29) is 11.3 Å². The van der Waals surface area contributed by atoms with Gasteiger partial charge in [0.2, 0.25) is 6.29 Å². The van der Waals surface area contributed by atoms with Crippen molar-refractivity contribution in [3.05, 3.63) is 28.0 Å². The van der Waals surface area contributed by atoms with Gasteiger partial charge in [-0.2, -0.15) is 0 Å². The highest BCUT2D eigenvalue weighted by Gasteiger charge is 2.31. The Labute approximate surface area is 92.3 Å². The van der Waals surface area contributed by atoms with Crippen LogP contribution in [0.4, 0.5) is 5.88 Å². The minimum absolute atomic E-state index is 0.0327. The normalized spacial score (nSPS) is 20.9. The predicted molar refractivity (Wildman–Crippen MR) is 53.8 cm³/mol. The maximum atomic E-state index is 10.4. The van der Waals surface area contributed by atoms with E-state index in [0.29, 0.717) is 19.0 Å². The summed E-state index contributed by atoms with van der Waals surface area (Å²) in [6, 6.07) is 2.79. The lowest BCUT2D eigenvalue weighted by atomic mass is 9.95. The molecule has 0 unspecified atom stereocenters. The molecule has 6 heteroatoms. The maximum absolute atomic E-state index is 10.4. The first-order valence-electron chi connectivity index (χ1n) is 4.95. The first-order chi connectivity index (χ1) is 7.48. The van der Waals surface area contributed by atoms with Crippen molar-refractivity contribution >= 4 is 5.88 Å². The van der Waals surface area contributed by atoms with Crippen molar-refractivity contribution in [2.24, 2.45) is 5.41 Å². The van der Waals surface area contributed by atoms with Gasteiger partial charge in [-0.1, -0.05) is 13.8 Å². The number of hydrogen-bond acceptors (Lipinski definition) is 5. The predicted octanol–water partition coefficient (Wildman–Crippen LogP) is 2.26. The number of ether oxygens (including phenoxy) is 2. The van der Waals surface area contributed by atoms with Gasteiger partial charge in [-0.3, -0.25) is 10.1 Å². The van der Waals surface area contributed by atoms with Gasteiger partial charge in [0.1, 0.15) is 4.92 Å². The average molecular weight is 227 g/mol. The van der Waals surface area contributed by atoms with Gasteiger partial charge in [0.05, 0.1) is 19.3 Å². The van der Waals surface area contributed by atoms with Crippen molar-refractivity contribution < 1.29 is 18.8 Å². The highest BCUT2D eigenvalue weighted by Crippen LogP contribution is 2.32. The Balaban J connectivity index is 2.05. The lowest BCUT2D eigenvalue weighted by molar-refractivity contribution is -0.403. The fourth-order valence-electron chi connectivity index (χ4n) is 1.42. The van der Waals surface area contributed by atoms with Crippen LogP contribution in [-0.4, -0.2) is 18.1 Å². The van der Waals surface area contributed by atoms with Gasteiger partial charge >= 0.3 is 5.88 Å². The number of furan rings is 1. The molecule has 0 saturated carbocycles. The van der Waals surface area contributed by atoms with Crippen molar-refractivity contribution in [1.29, 1.82) is 0 Å². The van der Waals surface area contributed by atoms with E-state index in [0.717, 1.165) is 0 Å². The van der Waals surface area contributed by atoms with Gasteiger partial charge in [0.25, 0.3) is 0 Å². The van der Waals surface area contributed by atoms with Gasteiger partial charge < -0.3 is 13.9 Å². The summed E-state index contributed by atoms with van der Waals surface area (Å²) >= 11 is 0. The van der Waals surface area contributed by atoms with Gasteiger partial charge in [-0.15, -0.1) is 0 Å². The molecule has 0 aliphatic carbocycles. The summed E-state index contributed by atoms with van der Waals surface area (Å²) in [4.78, 5) is 9.84. The van der Waals surface area contributed by atoms with Crippen LogP contribution in [-0.2, 0) is 9.47 Å². The molecule has 0 radical (unpaired) electrons. The molecule has 16 heavy (non-hydrogen) atoms. The SMILES string of the molecule is CC1(C)COC(c2ccc([N+](=O)[O-])o2)OC1. The minimum Gasteiger partial charge on any atom is -0.400 e. The largest absolute Gasteiger partial charge is 0.433 e. The third kappa shape index (κ3) is 2.23. The van der Waals surface area contributed by atoms with Crippen LogP contribution in [0.2, 0.25) is 0 Å². The summed E-state index contributed by atoms with van der Waals surface area (Å²) < 4.78 is 15.9. The molecule has 1 fully saturated rings. The molecule has 0 atom stereocenters. The van der Waals surface area contributed by atoms with E-state index in [1.54, 1.807) is 0 Å². The van der Waals surface area contributed by atoms with Gasteiger partial charge in [0.15, 0.2) is 5.76 Å². The molecule has 1 saturated heterocycles. The van der Waals surface area contributed by atoms with E-state index in [9.17, 15) is 10.1 Å².